The minimum absolute atomic E-state index is 0.0884. The van der Waals surface area contributed by atoms with Crippen molar-refractivity contribution in [3.63, 3.8) is 0 Å². The fraction of sp³-hybridized carbons (Fsp3) is 0.0714. The molecule has 104 valence electrons. The van der Waals surface area contributed by atoms with Crippen LogP contribution in [0.1, 0.15) is 15.9 Å². The van der Waals surface area contributed by atoms with Crippen LogP contribution in [0.15, 0.2) is 42.5 Å². The summed E-state index contributed by atoms with van der Waals surface area (Å²) in [4.78, 5) is 10.6. The number of rotatable bonds is 3. The summed E-state index contributed by atoms with van der Waals surface area (Å²) in [5.41, 5.74) is -1.55. The number of hydrogen-bond donors (Lipinski definition) is 0. The van der Waals surface area contributed by atoms with Gasteiger partial charge in [-0.1, -0.05) is 0 Å². The molecule has 2 aromatic carbocycles. The number of carbonyl (C=O) groups excluding carboxylic acids is 1. The minimum Gasteiger partial charge on any atom is -0.457 e. The lowest BCUT2D eigenvalue weighted by Crippen LogP contribution is -2.09. The number of alkyl halides is 3. The SMILES string of the molecule is O=Cc1ccc(Oc2ccc(F)cc2)cc1C(F)(F)F. The summed E-state index contributed by atoms with van der Waals surface area (Å²) in [5.74, 6) is -0.377. The number of halogens is 4. The van der Waals surface area contributed by atoms with Crippen molar-refractivity contribution in [1.82, 2.24) is 0 Å². The topological polar surface area (TPSA) is 26.3 Å². The van der Waals surface area contributed by atoms with E-state index in [1.54, 1.807) is 0 Å². The standard InChI is InChI=1S/C14H8F4O2/c15-10-2-5-11(6-3-10)20-12-4-1-9(8-19)13(7-12)14(16,17)18/h1-8H. The highest BCUT2D eigenvalue weighted by molar-refractivity contribution is 5.78. The van der Waals surface area contributed by atoms with Crippen LogP contribution in [0.3, 0.4) is 0 Å². The predicted octanol–water partition coefficient (Wildman–Crippen LogP) is 4.45. The summed E-state index contributed by atoms with van der Waals surface area (Å²) in [6, 6.07) is 7.82. The first-order chi connectivity index (χ1) is 9.40. The summed E-state index contributed by atoms with van der Waals surface area (Å²) in [7, 11) is 0. The molecule has 0 radical (unpaired) electrons. The summed E-state index contributed by atoms with van der Waals surface area (Å²) in [5, 5.41) is 0. The number of benzene rings is 2. The highest BCUT2D eigenvalue weighted by Gasteiger charge is 2.33. The minimum atomic E-state index is -4.65. The maximum atomic E-state index is 12.7. The third-order valence-electron chi connectivity index (χ3n) is 2.51. The zero-order valence-electron chi connectivity index (χ0n) is 9.95. The van der Waals surface area contributed by atoms with E-state index in [4.69, 9.17) is 4.74 Å². The lowest BCUT2D eigenvalue weighted by Gasteiger charge is -2.12. The van der Waals surface area contributed by atoms with Gasteiger partial charge in [-0.3, -0.25) is 4.79 Å². The Hall–Kier alpha value is -2.37. The Bertz CT molecular complexity index is 618. The van der Waals surface area contributed by atoms with Gasteiger partial charge in [0.15, 0.2) is 6.29 Å². The first kappa shape index (κ1) is 14.0. The van der Waals surface area contributed by atoms with Crippen molar-refractivity contribution in [3.05, 3.63) is 59.4 Å². The van der Waals surface area contributed by atoms with Crippen molar-refractivity contribution < 1.29 is 27.1 Å². The lowest BCUT2D eigenvalue weighted by atomic mass is 10.1. The number of ether oxygens (including phenoxy) is 1. The van der Waals surface area contributed by atoms with Crippen molar-refractivity contribution in [2.24, 2.45) is 0 Å². The van der Waals surface area contributed by atoms with Crippen LogP contribution in [0.25, 0.3) is 0 Å². The second kappa shape index (κ2) is 5.32. The zero-order chi connectivity index (χ0) is 14.8. The highest BCUT2D eigenvalue weighted by Crippen LogP contribution is 2.34. The van der Waals surface area contributed by atoms with Gasteiger partial charge in [0.25, 0.3) is 0 Å². The van der Waals surface area contributed by atoms with Crippen LogP contribution in [0.4, 0.5) is 17.6 Å². The second-order valence-electron chi connectivity index (χ2n) is 3.92. The molecule has 2 aromatic rings. The molecule has 0 aromatic heterocycles. The number of carbonyl (C=O) groups is 1. The Morgan fingerprint density at radius 2 is 1.55 bits per heavy atom. The molecule has 0 aliphatic heterocycles. The van der Waals surface area contributed by atoms with Gasteiger partial charge in [0.05, 0.1) is 5.56 Å². The average Bonchev–Trinajstić information content (AvgIpc) is 2.40. The van der Waals surface area contributed by atoms with Crippen LogP contribution in [0.2, 0.25) is 0 Å². The monoisotopic (exact) mass is 284 g/mol. The third-order valence-corrected chi connectivity index (χ3v) is 2.51. The first-order valence-corrected chi connectivity index (χ1v) is 5.50. The fourth-order valence-electron chi connectivity index (χ4n) is 1.59. The Morgan fingerprint density at radius 3 is 2.10 bits per heavy atom. The third kappa shape index (κ3) is 3.14. The van der Waals surface area contributed by atoms with E-state index in [1.807, 2.05) is 0 Å². The molecule has 0 N–H and O–H groups in total. The van der Waals surface area contributed by atoms with Crippen LogP contribution in [-0.2, 0) is 6.18 Å². The van der Waals surface area contributed by atoms with E-state index in [1.165, 1.54) is 18.2 Å². The largest absolute Gasteiger partial charge is 0.457 e. The van der Waals surface area contributed by atoms with Gasteiger partial charge in [0, 0.05) is 5.56 Å². The summed E-state index contributed by atoms with van der Waals surface area (Å²) < 4.78 is 56.1. The molecule has 0 fully saturated rings. The average molecular weight is 284 g/mol. The maximum Gasteiger partial charge on any atom is 0.417 e. The Labute approximate surface area is 111 Å². The van der Waals surface area contributed by atoms with E-state index in [0.717, 1.165) is 24.3 Å². The Balaban J connectivity index is 2.34. The fourth-order valence-corrected chi connectivity index (χ4v) is 1.59. The molecule has 0 saturated carbocycles. The molecule has 6 heteroatoms. The van der Waals surface area contributed by atoms with Gasteiger partial charge in [-0.15, -0.1) is 0 Å². The molecule has 0 saturated heterocycles. The molecule has 0 heterocycles. The van der Waals surface area contributed by atoms with Crippen LogP contribution < -0.4 is 4.74 Å². The van der Waals surface area contributed by atoms with Gasteiger partial charge in [-0.2, -0.15) is 13.2 Å². The van der Waals surface area contributed by atoms with Crippen molar-refractivity contribution in [1.29, 1.82) is 0 Å². The van der Waals surface area contributed by atoms with Gasteiger partial charge >= 0.3 is 6.18 Å². The normalized spacial score (nSPS) is 11.2. The molecule has 0 aliphatic rings. The van der Waals surface area contributed by atoms with E-state index in [0.29, 0.717) is 0 Å². The zero-order valence-corrected chi connectivity index (χ0v) is 9.95. The molecule has 0 bridgehead atoms. The second-order valence-corrected chi connectivity index (χ2v) is 3.92. The number of hydrogen-bond acceptors (Lipinski definition) is 2. The summed E-state index contributed by atoms with van der Waals surface area (Å²) >= 11 is 0. The quantitative estimate of drug-likeness (QED) is 0.615. The summed E-state index contributed by atoms with van der Waals surface area (Å²) in [6.07, 6.45) is -4.52. The Morgan fingerprint density at radius 1 is 0.950 bits per heavy atom. The molecular formula is C14H8F4O2. The molecule has 0 aliphatic carbocycles. The van der Waals surface area contributed by atoms with E-state index in [9.17, 15) is 22.4 Å². The maximum absolute atomic E-state index is 12.7. The van der Waals surface area contributed by atoms with Crippen molar-refractivity contribution >= 4 is 6.29 Å². The smallest absolute Gasteiger partial charge is 0.417 e. The molecule has 0 atom stereocenters. The number of aldehydes is 1. The lowest BCUT2D eigenvalue weighted by molar-refractivity contribution is -0.137. The van der Waals surface area contributed by atoms with Crippen LogP contribution in [0.5, 0.6) is 11.5 Å². The van der Waals surface area contributed by atoms with Gasteiger partial charge in [-0.25, -0.2) is 4.39 Å². The molecule has 2 nitrogen and oxygen atoms in total. The highest BCUT2D eigenvalue weighted by atomic mass is 19.4. The Kier molecular flexibility index (Phi) is 3.74. The van der Waals surface area contributed by atoms with E-state index in [2.05, 4.69) is 0 Å². The molecular weight excluding hydrogens is 276 g/mol. The van der Waals surface area contributed by atoms with Gasteiger partial charge < -0.3 is 4.74 Å². The van der Waals surface area contributed by atoms with Gasteiger partial charge in [0.2, 0.25) is 0 Å². The molecule has 0 amide bonds. The van der Waals surface area contributed by atoms with Gasteiger partial charge in [-0.05, 0) is 42.5 Å². The summed E-state index contributed by atoms with van der Waals surface area (Å²) in [6.45, 7) is 0. The van der Waals surface area contributed by atoms with E-state index >= 15 is 0 Å². The predicted molar refractivity (Wildman–Crippen MR) is 63.3 cm³/mol. The van der Waals surface area contributed by atoms with Crippen molar-refractivity contribution in [2.75, 3.05) is 0 Å². The van der Waals surface area contributed by atoms with Crippen LogP contribution in [0, 0.1) is 5.82 Å². The van der Waals surface area contributed by atoms with Crippen molar-refractivity contribution in [2.45, 2.75) is 6.18 Å². The van der Waals surface area contributed by atoms with Crippen LogP contribution >= 0.6 is 0 Å². The van der Waals surface area contributed by atoms with E-state index in [-0.39, 0.29) is 17.8 Å². The van der Waals surface area contributed by atoms with Crippen LogP contribution in [-0.4, -0.2) is 6.29 Å². The first-order valence-electron chi connectivity index (χ1n) is 5.50. The van der Waals surface area contributed by atoms with E-state index < -0.39 is 23.1 Å². The molecule has 20 heavy (non-hydrogen) atoms. The molecule has 0 spiro atoms. The molecule has 2 rings (SSSR count). The molecule has 0 unspecified atom stereocenters. The van der Waals surface area contributed by atoms with Gasteiger partial charge in [0.1, 0.15) is 17.3 Å². The van der Waals surface area contributed by atoms with Crippen molar-refractivity contribution in [3.8, 4) is 11.5 Å².